The molecule has 42 heteroatoms. The average molecular weight is 1200 g/mol. The van der Waals surface area contributed by atoms with Crippen molar-refractivity contribution in [3.05, 3.63) is 62.4 Å². The van der Waals surface area contributed by atoms with Crippen molar-refractivity contribution < 1.29 is 108 Å². The summed E-state index contributed by atoms with van der Waals surface area (Å²) in [6.45, 7) is -1.22. The van der Waals surface area contributed by atoms with Crippen LogP contribution in [0.15, 0.2) is 45.6 Å². The number of rotatable bonds is 24. The minimum absolute atomic E-state index is 0.00103. The zero-order valence-corrected chi connectivity index (χ0v) is 44.8. The molecule has 14 N–H and O–H groups in total. The van der Waals surface area contributed by atoms with Crippen molar-refractivity contribution >= 4 is 71.3 Å². The number of aromatic nitrogens is 10. The van der Waals surface area contributed by atoms with Crippen molar-refractivity contribution in [2.24, 2.45) is 13.0 Å². The van der Waals surface area contributed by atoms with Gasteiger partial charge < -0.3 is 70.6 Å². The molecule has 3 aliphatic rings. The first-order valence-electron chi connectivity index (χ1n) is 23.3. The number of aliphatic hydroxyl groups excluding tert-OH is 3. The van der Waals surface area contributed by atoms with Gasteiger partial charge in [-0.3, -0.25) is 56.1 Å². The predicted molar refractivity (Wildman–Crippen MR) is 258 cm³/mol. The Hall–Kier alpha value is -5.11. The molecule has 38 nitrogen and oxygen atoms in total. The maximum atomic E-state index is 13.6. The molecule has 8 rings (SSSR count). The van der Waals surface area contributed by atoms with Crippen LogP contribution in [0.2, 0.25) is 0 Å². The van der Waals surface area contributed by atoms with Crippen LogP contribution in [0.4, 0.5) is 11.8 Å². The van der Waals surface area contributed by atoms with E-state index in [1.807, 2.05) is 11.9 Å². The van der Waals surface area contributed by atoms with Crippen LogP contribution in [0.1, 0.15) is 44.9 Å². The minimum atomic E-state index is -6.24. The van der Waals surface area contributed by atoms with Crippen LogP contribution in [0, 0.1) is 5.92 Å². The molecule has 0 bridgehead atoms. The van der Waals surface area contributed by atoms with Gasteiger partial charge >= 0.3 is 42.6 Å². The quantitative estimate of drug-likeness (QED) is 0.0163. The molecule has 3 fully saturated rings. The number of aromatic amines is 2. The number of fused-ring (bicyclic) bond motifs is 2. The third kappa shape index (κ3) is 13.5. The van der Waals surface area contributed by atoms with E-state index in [-0.39, 0.29) is 40.6 Å². The first-order valence-corrected chi connectivity index (χ1v) is 29.3. The molecule has 79 heavy (non-hydrogen) atoms. The summed E-state index contributed by atoms with van der Waals surface area (Å²) < 4.78 is 110. The Morgan fingerprint density at radius 3 is 2.15 bits per heavy atom. The number of ether oxygens (including phenoxy) is 4. The third-order valence-corrected chi connectivity index (χ3v) is 17.7. The molecule has 3 saturated heterocycles. The van der Waals surface area contributed by atoms with E-state index in [4.69, 9.17) is 48.5 Å². The summed E-state index contributed by atoms with van der Waals surface area (Å²) >= 11 is 0. The number of carbonyl (C=O) groups is 1. The molecule has 0 radical (unpaired) electrons. The van der Waals surface area contributed by atoms with Gasteiger partial charge in [0.15, 0.2) is 30.2 Å². The monoisotopic (exact) mass is 1200 g/mol. The number of carbonyl (C=O) groups excluding carboxylic acids is 1. The average Bonchev–Trinajstić information content (AvgIpc) is 4.39. The van der Waals surface area contributed by atoms with Crippen molar-refractivity contribution in [3.63, 3.8) is 0 Å². The number of nitrogens with zero attached hydrogens (tertiary/aromatic N) is 8. The van der Waals surface area contributed by atoms with Crippen LogP contribution in [0.5, 0.6) is 0 Å². The van der Waals surface area contributed by atoms with Gasteiger partial charge in [-0.1, -0.05) is 18.3 Å². The molecule has 0 aliphatic carbocycles. The van der Waals surface area contributed by atoms with Gasteiger partial charge in [-0.25, -0.2) is 42.6 Å². The molecule has 8 heterocycles. The molecule has 5 aromatic rings. The van der Waals surface area contributed by atoms with Crippen LogP contribution in [-0.2, 0) is 75.8 Å². The lowest BCUT2D eigenvalue weighted by Gasteiger charge is -2.26. The highest BCUT2D eigenvalue weighted by Crippen LogP contribution is 2.68. The van der Waals surface area contributed by atoms with E-state index in [2.05, 4.69) is 38.9 Å². The number of anilines is 2. The Balaban J connectivity index is 0.950. The fraction of sp³-hybridized carbons (Fsp3) is 0.595. The summed E-state index contributed by atoms with van der Waals surface area (Å²) in [5, 5.41) is 35.5. The zero-order chi connectivity index (χ0) is 57.5. The Morgan fingerprint density at radius 1 is 0.823 bits per heavy atom. The number of amides is 1. The number of nitrogen functional groups attached to an aromatic ring is 2. The molecule has 0 aromatic carbocycles. The van der Waals surface area contributed by atoms with E-state index in [0.717, 1.165) is 43.0 Å². The predicted octanol–water partition coefficient (Wildman–Crippen LogP) is -3.31. The SMILES string of the molecule is CCCCNC(=O)CC1[C@@H](O)C([n+]2cn(C)c3c(=O)[nH]c(N)nc32)O[C@@H]1COP(=O)(O)OP(=O)(O)OP(=O)(O)OC[C@H]1O[C@@H](n2cnc3c(N)ncnc32)[C@H](OC)[C@@H]1OP(=O)(O)OC[C@H]1O[C@@H](n2ccc(=O)[nH]c2=O)[C@H](O)[C@@H]1O. The van der Waals surface area contributed by atoms with Gasteiger partial charge in [0.25, 0.3) is 17.1 Å². The maximum absolute atomic E-state index is 13.6. The summed E-state index contributed by atoms with van der Waals surface area (Å²) in [6.07, 6.45) is -13.0. The fourth-order valence-electron chi connectivity index (χ4n) is 8.82. The van der Waals surface area contributed by atoms with Crippen LogP contribution in [0.3, 0.4) is 0 Å². The van der Waals surface area contributed by atoms with E-state index in [9.17, 15) is 72.3 Å². The van der Waals surface area contributed by atoms with Crippen molar-refractivity contribution in [2.45, 2.75) is 93.7 Å². The molecule has 0 saturated carbocycles. The maximum Gasteiger partial charge on any atom is 0.490 e. The second-order valence-electron chi connectivity index (χ2n) is 17.8. The highest BCUT2D eigenvalue weighted by molar-refractivity contribution is 7.66. The molecule has 5 aromatic heterocycles. The number of nitrogens with two attached hydrogens (primary N) is 2. The number of hydrogen-bond acceptors (Lipinski definition) is 27. The molecule has 0 spiro atoms. The number of imidazole rings is 2. The summed E-state index contributed by atoms with van der Waals surface area (Å²) in [7, 11) is -21.0. The topological polar surface area (TPSA) is 536 Å². The second kappa shape index (κ2) is 23.8. The second-order valence-corrected chi connectivity index (χ2v) is 23.8. The lowest BCUT2D eigenvalue weighted by molar-refractivity contribution is -0.745. The van der Waals surface area contributed by atoms with Gasteiger partial charge in [0.2, 0.25) is 17.7 Å². The van der Waals surface area contributed by atoms with Gasteiger partial charge in [-0.05, 0) is 6.42 Å². The van der Waals surface area contributed by atoms with E-state index >= 15 is 0 Å². The Morgan fingerprint density at radius 2 is 1.48 bits per heavy atom. The van der Waals surface area contributed by atoms with Gasteiger partial charge in [-0.15, -0.1) is 0 Å². The number of unbranched alkanes of at least 4 members (excludes halogenated alkanes) is 1. The number of methoxy groups -OCH3 is 1. The van der Waals surface area contributed by atoms with Crippen LogP contribution >= 0.6 is 31.3 Å². The number of phosphoric ester groups is 3. The molecule has 3 aliphatic heterocycles. The third-order valence-electron chi connectivity index (χ3n) is 12.4. The van der Waals surface area contributed by atoms with E-state index < -0.39 is 154 Å². The van der Waals surface area contributed by atoms with Crippen molar-refractivity contribution in [1.29, 1.82) is 0 Å². The van der Waals surface area contributed by atoms with E-state index in [1.54, 1.807) is 0 Å². The number of aryl methyl sites for hydroxylation is 1. The first kappa shape index (κ1) is 60.0. The number of phosphoric acid groups is 4. The normalized spacial score (nSPS) is 29.3. The number of H-pyrrole nitrogens is 2. The van der Waals surface area contributed by atoms with Gasteiger partial charge in [-0.2, -0.15) is 8.62 Å². The molecule has 436 valence electrons. The van der Waals surface area contributed by atoms with E-state index in [1.165, 1.54) is 27.1 Å². The molecule has 16 atom stereocenters. The summed E-state index contributed by atoms with van der Waals surface area (Å²) in [4.78, 5) is 113. The lowest BCUT2D eigenvalue weighted by Crippen LogP contribution is -2.45. The number of hydrogen-bond donors (Lipinski definition) is 12. The molecule has 6 unspecified atom stereocenters. The highest BCUT2D eigenvalue weighted by atomic mass is 31.3. The van der Waals surface area contributed by atoms with Gasteiger partial charge in [0, 0.05) is 38.3 Å². The highest BCUT2D eigenvalue weighted by Gasteiger charge is 2.54. The Kier molecular flexibility index (Phi) is 18.1. The number of aliphatic hydroxyl groups is 3. The van der Waals surface area contributed by atoms with Crippen molar-refractivity contribution in [3.8, 4) is 0 Å². The van der Waals surface area contributed by atoms with Crippen LogP contribution < -0.4 is 38.2 Å². The smallest absolute Gasteiger partial charge is 0.387 e. The molecular weight excluding hydrogens is 1150 g/mol. The number of nitrogens with one attached hydrogen (secondary N) is 3. The van der Waals surface area contributed by atoms with Crippen molar-refractivity contribution in [2.75, 3.05) is 44.9 Å². The summed E-state index contributed by atoms with van der Waals surface area (Å²) in [5.41, 5.74) is 9.18. The standard InChI is InChI=1S/C37H53N13O25P4/c1-4-5-7-40-21(52)9-16-17(70-33(24(16)53)50-15-47(2)23-31(50)45-36(39)46-32(23)56)10-68-77(60,61)74-79(64,65)75-78(62,63)69-12-19-27(28(66-3)35(72-19)49-14-43-22-29(38)41-13-42-30(22)49)73-76(58,59)67-11-18-25(54)26(55)34(71-18)48-8-6-20(51)44-37(48)57/h6,8,13-19,24-28,33-35,53-55H,4-5,7,9-12H2,1-3H3,(H10-,38,39,40,41,42,44,45,46,51,52,56,57,58,59,60,61,62,63,64,65)/p+1/t16?,17-,18-,19-,24-,25-,26-,27-,28-,33?,34-,35-/m1/s1. The van der Waals surface area contributed by atoms with Crippen LogP contribution in [-0.4, -0.2) is 167 Å². The zero-order valence-electron chi connectivity index (χ0n) is 41.3. The molecular formula is C37H54N13O25P4+. The van der Waals surface area contributed by atoms with Gasteiger partial charge in [0.05, 0.1) is 39.3 Å². The van der Waals surface area contributed by atoms with E-state index in [0.29, 0.717) is 6.42 Å². The Labute approximate surface area is 441 Å². The largest absolute Gasteiger partial charge is 0.490 e. The minimum Gasteiger partial charge on any atom is -0.387 e. The summed E-state index contributed by atoms with van der Waals surface area (Å²) in [5.74, 6) is -2.22. The first-order chi connectivity index (χ1) is 37.1. The fourth-order valence-corrected chi connectivity index (χ4v) is 13.3. The van der Waals surface area contributed by atoms with Crippen molar-refractivity contribution in [1.82, 2.24) is 48.9 Å². The van der Waals surface area contributed by atoms with Gasteiger partial charge in [0.1, 0.15) is 54.6 Å². The summed E-state index contributed by atoms with van der Waals surface area (Å²) in [6, 6.07) is 0.922. The Bertz CT molecular complexity index is 3430. The lowest BCUT2D eigenvalue weighted by atomic mass is 9.94. The van der Waals surface area contributed by atoms with Crippen LogP contribution in [0.25, 0.3) is 22.3 Å². The molecule has 1 amide bonds.